The predicted octanol–water partition coefficient (Wildman–Crippen LogP) is 1.15. The van der Waals surface area contributed by atoms with Gasteiger partial charge >= 0.3 is 0 Å². The first-order chi connectivity index (χ1) is 5.74. The molecule has 0 aromatic heterocycles. The topological polar surface area (TPSA) is 37.3 Å². The van der Waals surface area contributed by atoms with Crippen molar-refractivity contribution in [1.29, 1.82) is 0 Å². The fraction of sp³-hybridized carbons (Fsp3) is 0.700. The first-order valence-electron chi connectivity index (χ1n) is 4.47. The quantitative estimate of drug-likeness (QED) is 0.493. The number of hydrogen-bond donors (Lipinski definition) is 1. The molecule has 0 spiro atoms. The summed E-state index contributed by atoms with van der Waals surface area (Å²) in [6.07, 6.45) is 5.05. The SMILES string of the molecule is CC1=CCC2(C=O)C(CO)C2C1. The summed E-state index contributed by atoms with van der Waals surface area (Å²) in [5.74, 6) is 0.675. The molecule has 2 aliphatic carbocycles. The largest absolute Gasteiger partial charge is 0.396 e. The highest BCUT2D eigenvalue weighted by molar-refractivity contribution is 5.67. The molecule has 3 unspecified atom stereocenters. The number of hydrogen-bond acceptors (Lipinski definition) is 2. The lowest BCUT2D eigenvalue weighted by Gasteiger charge is -2.13. The minimum absolute atomic E-state index is 0.171. The molecule has 2 rings (SSSR count). The van der Waals surface area contributed by atoms with Crippen LogP contribution in [0.4, 0.5) is 0 Å². The van der Waals surface area contributed by atoms with Crippen molar-refractivity contribution in [3.63, 3.8) is 0 Å². The first kappa shape index (κ1) is 7.99. The van der Waals surface area contributed by atoms with Gasteiger partial charge in [0, 0.05) is 12.0 Å². The molecule has 0 radical (unpaired) electrons. The van der Waals surface area contributed by atoms with E-state index in [-0.39, 0.29) is 17.9 Å². The Morgan fingerprint density at radius 1 is 1.83 bits per heavy atom. The molecule has 12 heavy (non-hydrogen) atoms. The van der Waals surface area contributed by atoms with Gasteiger partial charge in [0.05, 0.1) is 0 Å². The molecule has 3 atom stereocenters. The van der Waals surface area contributed by atoms with Gasteiger partial charge in [0.25, 0.3) is 0 Å². The number of aliphatic hydroxyl groups is 1. The van der Waals surface area contributed by atoms with Crippen LogP contribution in [0.3, 0.4) is 0 Å². The molecule has 1 fully saturated rings. The molecule has 1 saturated carbocycles. The van der Waals surface area contributed by atoms with Gasteiger partial charge in [-0.2, -0.15) is 0 Å². The fourth-order valence-corrected chi connectivity index (χ4v) is 2.57. The second-order valence-corrected chi connectivity index (χ2v) is 4.08. The van der Waals surface area contributed by atoms with Crippen molar-refractivity contribution in [3.8, 4) is 0 Å². The van der Waals surface area contributed by atoms with E-state index in [2.05, 4.69) is 13.0 Å². The highest BCUT2D eigenvalue weighted by atomic mass is 16.3. The van der Waals surface area contributed by atoms with Gasteiger partial charge in [-0.25, -0.2) is 0 Å². The molecular weight excluding hydrogens is 152 g/mol. The van der Waals surface area contributed by atoms with Crippen LogP contribution in [0.1, 0.15) is 19.8 Å². The lowest BCUT2D eigenvalue weighted by molar-refractivity contribution is -0.113. The zero-order valence-corrected chi connectivity index (χ0v) is 7.29. The summed E-state index contributed by atoms with van der Waals surface area (Å²) >= 11 is 0. The second-order valence-electron chi connectivity index (χ2n) is 4.08. The van der Waals surface area contributed by atoms with E-state index in [1.54, 1.807) is 0 Å². The molecule has 0 heterocycles. The van der Waals surface area contributed by atoms with Crippen LogP contribution in [0.5, 0.6) is 0 Å². The number of aldehydes is 1. The van der Waals surface area contributed by atoms with Gasteiger partial charge in [0.1, 0.15) is 6.29 Å². The summed E-state index contributed by atoms with van der Waals surface area (Å²) in [5, 5.41) is 9.04. The molecule has 2 nitrogen and oxygen atoms in total. The molecule has 0 saturated heterocycles. The predicted molar refractivity (Wildman–Crippen MR) is 45.6 cm³/mol. The van der Waals surface area contributed by atoms with Crippen LogP contribution >= 0.6 is 0 Å². The van der Waals surface area contributed by atoms with Crippen LogP contribution in [-0.4, -0.2) is 18.0 Å². The second kappa shape index (κ2) is 2.43. The third-order valence-electron chi connectivity index (χ3n) is 3.52. The monoisotopic (exact) mass is 166 g/mol. The highest BCUT2D eigenvalue weighted by Crippen LogP contribution is 2.64. The number of aliphatic hydroxyl groups excluding tert-OH is 1. The van der Waals surface area contributed by atoms with Gasteiger partial charge in [-0.3, -0.25) is 0 Å². The van der Waals surface area contributed by atoms with Gasteiger partial charge in [0.2, 0.25) is 0 Å². The maximum atomic E-state index is 10.9. The third kappa shape index (κ3) is 0.816. The van der Waals surface area contributed by atoms with E-state index in [0.29, 0.717) is 5.92 Å². The van der Waals surface area contributed by atoms with E-state index in [1.807, 2.05) is 0 Å². The number of allylic oxidation sites excluding steroid dienone is 2. The molecule has 1 N–H and O–H groups in total. The minimum atomic E-state index is -0.172. The van der Waals surface area contributed by atoms with Gasteiger partial charge in [-0.05, 0) is 31.6 Å². The van der Waals surface area contributed by atoms with Crippen LogP contribution in [0.25, 0.3) is 0 Å². The summed E-state index contributed by atoms with van der Waals surface area (Å²) in [7, 11) is 0. The summed E-state index contributed by atoms with van der Waals surface area (Å²) in [6, 6.07) is 0. The maximum absolute atomic E-state index is 10.9. The standard InChI is InChI=1S/C10H14O2/c1-7-2-3-10(6-12)8(4-7)9(10)5-11/h2,6,8-9,11H,3-5H2,1H3. The van der Waals surface area contributed by atoms with Crippen molar-refractivity contribution in [2.75, 3.05) is 6.61 Å². The van der Waals surface area contributed by atoms with Crippen molar-refractivity contribution >= 4 is 6.29 Å². The Morgan fingerprint density at radius 3 is 3.17 bits per heavy atom. The Kier molecular flexibility index (Phi) is 1.62. The minimum Gasteiger partial charge on any atom is -0.396 e. The molecule has 0 aromatic carbocycles. The molecule has 0 amide bonds. The Bertz CT molecular complexity index is 244. The Hall–Kier alpha value is -0.630. The summed E-state index contributed by atoms with van der Waals surface area (Å²) < 4.78 is 0. The van der Waals surface area contributed by atoms with E-state index in [1.165, 1.54) is 5.57 Å². The molecule has 0 aromatic rings. The van der Waals surface area contributed by atoms with E-state index < -0.39 is 0 Å². The van der Waals surface area contributed by atoms with Gasteiger partial charge in [0.15, 0.2) is 0 Å². The lowest BCUT2D eigenvalue weighted by Crippen LogP contribution is -2.10. The molecule has 2 aliphatic rings. The van der Waals surface area contributed by atoms with Gasteiger partial charge in [-0.15, -0.1) is 0 Å². The van der Waals surface area contributed by atoms with E-state index in [4.69, 9.17) is 5.11 Å². The number of rotatable bonds is 2. The van der Waals surface area contributed by atoms with E-state index >= 15 is 0 Å². The number of carbonyl (C=O) groups excluding carboxylic acids is 1. The van der Waals surface area contributed by atoms with Crippen LogP contribution in [0.2, 0.25) is 0 Å². The molecule has 2 heteroatoms. The molecular formula is C10H14O2. The van der Waals surface area contributed by atoms with Gasteiger partial charge in [-0.1, -0.05) is 11.6 Å². The van der Waals surface area contributed by atoms with Crippen molar-refractivity contribution in [3.05, 3.63) is 11.6 Å². The summed E-state index contributed by atoms with van der Waals surface area (Å²) in [4.78, 5) is 10.9. The van der Waals surface area contributed by atoms with E-state index in [9.17, 15) is 4.79 Å². The summed E-state index contributed by atoms with van der Waals surface area (Å²) in [6.45, 7) is 2.27. The van der Waals surface area contributed by atoms with Crippen molar-refractivity contribution < 1.29 is 9.90 Å². The number of carbonyl (C=O) groups is 1. The van der Waals surface area contributed by atoms with Crippen molar-refractivity contribution in [2.45, 2.75) is 19.8 Å². The Balaban J connectivity index is 2.19. The van der Waals surface area contributed by atoms with Crippen molar-refractivity contribution in [1.82, 2.24) is 0 Å². The van der Waals surface area contributed by atoms with Crippen LogP contribution in [0, 0.1) is 17.3 Å². The molecule has 0 aliphatic heterocycles. The fourth-order valence-electron chi connectivity index (χ4n) is 2.57. The average molecular weight is 166 g/mol. The lowest BCUT2D eigenvalue weighted by atomic mass is 9.91. The Labute approximate surface area is 72.3 Å². The zero-order valence-electron chi connectivity index (χ0n) is 7.29. The molecule has 66 valence electrons. The van der Waals surface area contributed by atoms with E-state index in [0.717, 1.165) is 19.1 Å². The summed E-state index contributed by atoms with van der Waals surface area (Å²) in [5.41, 5.74) is 1.20. The maximum Gasteiger partial charge on any atom is 0.127 e. The normalized spacial score (nSPS) is 44.7. The first-order valence-corrected chi connectivity index (χ1v) is 4.47. The highest BCUT2D eigenvalue weighted by Gasteiger charge is 2.64. The zero-order chi connectivity index (χ0) is 8.77. The Morgan fingerprint density at radius 2 is 2.58 bits per heavy atom. The van der Waals surface area contributed by atoms with Crippen LogP contribution in [-0.2, 0) is 4.79 Å². The van der Waals surface area contributed by atoms with Crippen molar-refractivity contribution in [2.24, 2.45) is 17.3 Å². The van der Waals surface area contributed by atoms with Crippen LogP contribution in [0.15, 0.2) is 11.6 Å². The number of fused-ring (bicyclic) bond motifs is 1. The third-order valence-corrected chi connectivity index (χ3v) is 3.52. The smallest absolute Gasteiger partial charge is 0.127 e. The van der Waals surface area contributed by atoms with Crippen LogP contribution < -0.4 is 0 Å². The average Bonchev–Trinajstić information content (AvgIpc) is 2.72. The van der Waals surface area contributed by atoms with Gasteiger partial charge < -0.3 is 9.90 Å². The molecule has 0 bridgehead atoms.